The maximum Gasteiger partial charge on any atom is 0.352 e. The standard InChI is InChI=1S/C17H15N3O3/c21-15(19-10-11-5-3-4-8-18-11)9-13-12-6-1-2-7-14(12)20-16(13)17(22)23/h1-8,20H,9-10H2,(H,19,21)(H,22,23). The van der Waals surface area contributed by atoms with Crippen molar-refractivity contribution in [2.45, 2.75) is 13.0 Å². The van der Waals surface area contributed by atoms with E-state index in [0.29, 0.717) is 17.6 Å². The van der Waals surface area contributed by atoms with Crippen LogP contribution in [0.15, 0.2) is 48.7 Å². The zero-order chi connectivity index (χ0) is 16.2. The SMILES string of the molecule is O=C(Cc1c(C(=O)O)[nH]c2ccccc12)NCc1ccccn1. The van der Waals surface area contributed by atoms with E-state index in [2.05, 4.69) is 15.3 Å². The number of carboxylic acids is 1. The summed E-state index contributed by atoms with van der Waals surface area (Å²) in [6.45, 7) is 0.310. The van der Waals surface area contributed by atoms with Crippen molar-refractivity contribution in [1.29, 1.82) is 0 Å². The molecule has 0 unspecified atom stereocenters. The normalized spacial score (nSPS) is 10.6. The average Bonchev–Trinajstić information content (AvgIpc) is 2.93. The Balaban J connectivity index is 1.79. The van der Waals surface area contributed by atoms with E-state index in [4.69, 9.17) is 0 Å². The molecule has 3 rings (SSSR count). The maximum absolute atomic E-state index is 12.2. The van der Waals surface area contributed by atoms with Crippen LogP contribution in [-0.4, -0.2) is 27.0 Å². The quantitative estimate of drug-likeness (QED) is 0.673. The van der Waals surface area contributed by atoms with Crippen molar-refractivity contribution in [3.05, 3.63) is 65.6 Å². The third-order valence-electron chi connectivity index (χ3n) is 3.56. The highest BCUT2D eigenvalue weighted by Crippen LogP contribution is 2.23. The molecule has 2 heterocycles. The van der Waals surface area contributed by atoms with Gasteiger partial charge in [0.15, 0.2) is 0 Å². The highest BCUT2D eigenvalue weighted by molar-refractivity contribution is 5.99. The van der Waals surface area contributed by atoms with Gasteiger partial charge in [-0.15, -0.1) is 0 Å². The van der Waals surface area contributed by atoms with Crippen LogP contribution in [-0.2, 0) is 17.8 Å². The number of para-hydroxylation sites is 1. The first-order valence-electron chi connectivity index (χ1n) is 7.14. The summed E-state index contributed by atoms with van der Waals surface area (Å²) in [7, 11) is 0. The molecule has 2 aromatic heterocycles. The monoisotopic (exact) mass is 309 g/mol. The van der Waals surface area contributed by atoms with Crippen molar-refractivity contribution in [2.75, 3.05) is 0 Å². The Morgan fingerprint density at radius 2 is 1.91 bits per heavy atom. The Morgan fingerprint density at radius 3 is 2.65 bits per heavy atom. The molecule has 3 aromatic rings. The Morgan fingerprint density at radius 1 is 1.13 bits per heavy atom. The van der Waals surface area contributed by atoms with Crippen LogP contribution in [0.2, 0.25) is 0 Å². The Bertz CT molecular complexity index is 856. The smallest absolute Gasteiger partial charge is 0.352 e. The number of H-pyrrole nitrogens is 1. The summed E-state index contributed by atoms with van der Waals surface area (Å²) < 4.78 is 0. The molecule has 0 saturated carbocycles. The van der Waals surface area contributed by atoms with Crippen LogP contribution in [0.4, 0.5) is 0 Å². The summed E-state index contributed by atoms with van der Waals surface area (Å²) in [5, 5.41) is 12.8. The molecule has 1 amide bonds. The van der Waals surface area contributed by atoms with E-state index in [0.717, 1.165) is 11.1 Å². The van der Waals surface area contributed by atoms with Crippen LogP contribution in [0, 0.1) is 0 Å². The van der Waals surface area contributed by atoms with Gasteiger partial charge in [-0.05, 0) is 18.2 Å². The number of rotatable bonds is 5. The van der Waals surface area contributed by atoms with Crippen LogP contribution in [0.5, 0.6) is 0 Å². The summed E-state index contributed by atoms with van der Waals surface area (Å²) in [6, 6.07) is 12.7. The van der Waals surface area contributed by atoms with E-state index in [1.807, 2.05) is 24.3 Å². The summed E-state index contributed by atoms with van der Waals surface area (Å²) >= 11 is 0. The van der Waals surface area contributed by atoms with Crippen molar-refractivity contribution in [3.63, 3.8) is 0 Å². The largest absolute Gasteiger partial charge is 0.477 e. The number of fused-ring (bicyclic) bond motifs is 1. The van der Waals surface area contributed by atoms with E-state index in [1.165, 1.54) is 0 Å². The average molecular weight is 309 g/mol. The number of benzene rings is 1. The predicted octanol–water partition coefficient (Wildman–Crippen LogP) is 2.12. The number of pyridine rings is 1. The van der Waals surface area contributed by atoms with Crippen molar-refractivity contribution < 1.29 is 14.7 Å². The highest BCUT2D eigenvalue weighted by Gasteiger charge is 2.19. The lowest BCUT2D eigenvalue weighted by molar-refractivity contribution is -0.120. The zero-order valence-corrected chi connectivity index (χ0v) is 12.2. The summed E-state index contributed by atoms with van der Waals surface area (Å²) in [5.41, 5.74) is 2.00. The molecule has 6 heteroatoms. The van der Waals surface area contributed by atoms with Crippen LogP contribution in [0.25, 0.3) is 10.9 Å². The Labute approximate surface area is 132 Å². The lowest BCUT2D eigenvalue weighted by atomic mass is 10.1. The number of carbonyl (C=O) groups is 2. The lowest BCUT2D eigenvalue weighted by Gasteiger charge is -2.05. The first-order chi connectivity index (χ1) is 11.1. The number of aromatic nitrogens is 2. The second-order valence-electron chi connectivity index (χ2n) is 5.10. The molecule has 0 saturated heterocycles. The maximum atomic E-state index is 12.2. The van der Waals surface area contributed by atoms with Crippen molar-refractivity contribution in [1.82, 2.24) is 15.3 Å². The van der Waals surface area contributed by atoms with Gasteiger partial charge in [-0.1, -0.05) is 24.3 Å². The minimum Gasteiger partial charge on any atom is -0.477 e. The van der Waals surface area contributed by atoms with E-state index in [1.54, 1.807) is 24.4 Å². The number of amides is 1. The lowest BCUT2D eigenvalue weighted by Crippen LogP contribution is -2.25. The molecule has 0 aliphatic rings. The highest BCUT2D eigenvalue weighted by atomic mass is 16.4. The predicted molar refractivity (Wildman–Crippen MR) is 85.0 cm³/mol. The number of aromatic amines is 1. The van der Waals surface area contributed by atoms with Gasteiger partial charge >= 0.3 is 5.97 Å². The van der Waals surface area contributed by atoms with Crippen molar-refractivity contribution >= 4 is 22.8 Å². The number of nitrogens with one attached hydrogen (secondary N) is 2. The summed E-state index contributed by atoms with van der Waals surface area (Å²) in [6.07, 6.45) is 1.65. The van der Waals surface area contributed by atoms with Gasteiger partial charge in [-0.2, -0.15) is 0 Å². The van der Waals surface area contributed by atoms with E-state index in [-0.39, 0.29) is 18.0 Å². The number of hydrogen-bond donors (Lipinski definition) is 3. The number of nitrogens with zero attached hydrogens (tertiary/aromatic N) is 1. The van der Waals surface area contributed by atoms with Gasteiger partial charge in [-0.3, -0.25) is 9.78 Å². The summed E-state index contributed by atoms with van der Waals surface area (Å²) in [4.78, 5) is 30.5. The molecule has 0 spiro atoms. The number of aromatic carboxylic acids is 1. The fourth-order valence-corrected chi connectivity index (χ4v) is 2.48. The Hall–Kier alpha value is -3.15. The molecule has 3 N–H and O–H groups in total. The first kappa shape index (κ1) is 14.8. The first-order valence-corrected chi connectivity index (χ1v) is 7.14. The molecule has 1 aromatic carbocycles. The molecule has 0 fully saturated rings. The van der Waals surface area contributed by atoms with Gasteiger partial charge in [0.1, 0.15) is 5.69 Å². The van der Waals surface area contributed by atoms with Gasteiger partial charge in [0, 0.05) is 22.7 Å². The summed E-state index contributed by atoms with van der Waals surface area (Å²) in [5.74, 6) is -1.32. The molecule has 6 nitrogen and oxygen atoms in total. The second-order valence-corrected chi connectivity index (χ2v) is 5.10. The second kappa shape index (κ2) is 6.31. The van der Waals surface area contributed by atoms with Crippen molar-refractivity contribution in [2.24, 2.45) is 0 Å². The molecule has 0 aliphatic carbocycles. The van der Waals surface area contributed by atoms with Crippen molar-refractivity contribution in [3.8, 4) is 0 Å². The van der Waals surface area contributed by atoms with E-state index < -0.39 is 5.97 Å². The topological polar surface area (TPSA) is 95.1 Å². The fourth-order valence-electron chi connectivity index (χ4n) is 2.48. The van der Waals surface area contributed by atoms with Gasteiger partial charge in [-0.25, -0.2) is 4.79 Å². The van der Waals surface area contributed by atoms with Gasteiger partial charge in [0.25, 0.3) is 0 Å². The third kappa shape index (κ3) is 3.21. The number of hydrogen-bond acceptors (Lipinski definition) is 3. The minimum atomic E-state index is -1.08. The molecule has 23 heavy (non-hydrogen) atoms. The molecule has 0 atom stereocenters. The Kier molecular flexibility index (Phi) is 4.05. The third-order valence-corrected chi connectivity index (χ3v) is 3.56. The zero-order valence-electron chi connectivity index (χ0n) is 12.2. The molecular formula is C17H15N3O3. The minimum absolute atomic E-state index is 0.00151. The fraction of sp³-hybridized carbons (Fsp3) is 0.118. The van der Waals surface area contributed by atoms with E-state index in [9.17, 15) is 14.7 Å². The van der Waals surface area contributed by atoms with Crippen LogP contribution < -0.4 is 5.32 Å². The molecule has 116 valence electrons. The van der Waals surface area contributed by atoms with Crippen LogP contribution >= 0.6 is 0 Å². The van der Waals surface area contributed by atoms with Gasteiger partial charge in [0.2, 0.25) is 5.91 Å². The molecular weight excluding hydrogens is 294 g/mol. The van der Waals surface area contributed by atoms with Gasteiger partial charge < -0.3 is 15.4 Å². The number of carbonyl (C=O) groups excluding carboxylic acids is 1. The molecule has 0 aliphatic heterocycles. The molecule has 0 radical (unpaired) electrons. The van der Waals surface area contributed by atoms with Crippen LogP contribution in [0.1, 0.15) is 21.7 Å². The van der Waals surface area contributed by atoms with Gasteiger partial charge in [0.05, 0.1) is 18.7 Å². The molecule has 0 bridgehead atoms. The van der Waals surface area contributed by atoms with Crippen LogP contribution in [0.3, 0.4) is 0 Å². The number of carboxylic acid groups (broad SMARTS) is 1. The van der Waals surface area contributed by atoms with E-state index >= 15 is 0 Å².